The third kappa shape index (κ3) is 7.60. The predicted octanol–water partition coefficient (Wildman–Crippen LogP) is 4.54. The highest BCUT2D eigenvalue weighted by atomic mass is 32.2. The molecule has 0 bridgehead atoms. The molecule has 1 fully saturated rings. The molecule has 0 aromatic rings. The Morgan fingerprint density at radius 2 is 2.10 bits per heavy atom. The van der Waals surface area contributed by atoms with Crippen molar-refractivity contribution in [1.82, 2.24) is 0 Å². The summed E-state index contributed by atoms with van der Waals surface area (Å²) in [6.45, 7) is 2.42. The molecule has 1 atom stereocenters. The zero-order valence-electron chi connectivity index (χ0n) is 12.2. The van der Waals surface area contributed by atoms with Gasteiger partial charge in [0.15, 0.2) is 0 Å². The van der Waals surface area contributed by atoms with E-state index in [0.29, 0.717) is 12.4 Å². The van der Waals surface area contributed by atoms with Crippen molar-refractivity contribution in [2.75, 3.05) is 12.4 Å². The Kier molecular flexibility index (Phi) is 7.94. The van der Waals surface area contributed by atoms with Crippen molar-refractivity contribution in [3.05, 3.63) is 0 Å². The Labute approximate surface area is 127 Å². The molecule has 0 amide bonds. The fraction of sp³-hybridized carbons (Fsp3) is 0.857. The molecule has 1 unspecified atom stereocenters. The SMILES string of the molecule is CCON=C1CCC(C(C#N)SCCCC(F)(F)F)CC1. The molecular formula is C14H21F3N2OS. The zero-order valence-corrected chi connectivity index (χ0v) is 13.0. The van der Waals surface area contributed by atoms with Crippen LogP contribution in [-0.2, 0) is 4.84 Å². The van der Waals surface area contributed by atoms with Crippen LogP contribution < -0.4 is 0 Å². The van der Waals surface area contributed by atoms with Gasteiger partial charge in [-0.15, -0.1) is 11.8 Å². The maximum atomic E-state index is 12.1. The maximum absolute atomic E-state index is 12.1. The van der Waals surface area contributed by atoms with Crippen molar-refractivity contribution >= 4 is 17.5 Å². The van der Waals surface area contributed by atoms with E-state index in [4.69, 9.17) is 4.84 Å². The minimum Gasteiger partial charge on any atom is -0.396 e. The Morgan fingerprint density at radius 1 is 1.43 bits per heavy atom. The van der Waals surface area contributed by atoms with E-state index < -0.39 is 12.6 Å². The first-order valence-corrected chi connectivity index (χ1v) is 8.26. The highest BCUT2D eigenvalue weighted by Crippen LogP contribution is 2.33. The molecule has 21 heavy (non-hydrogen) atoms. The van der Waals surface area contributed by atoms with Crippen molar-refractivity contribution in [2.45, 2.75) is 56.9 Å². The highest BCUT2D eigenvalue weighted by Gasteiger charge is 2.28. The highest BCUT2D eigenvalue weighted by molar-refractivity contribution is 8.00. The molecule has 3 nitrogen and oxygen atoms in total. The molecule has 0 aromatic carbocycles. The number of thioether (sulfide) groups is 1. The lowest BCUT2D eigenvalue weighted by Crippen LogP contribution is -2.23. The van der Waals surface area contributed by atoms with Gasteiger partial charge in [-0.2, -0.15) is 18.4 Å². The minimum atomic E-state index is -4.10. The average molecular weight is 322 g/mol. The van der Waals surface area contributed by atoms with E-state index in [1.807, 2.05) is 6.92 Å². The monoisotopic (exact) mass is 322 g/mol. The number of alkyl halides is 3. The van der Waals surface area contributed by atoms with Crippen LogP contribution in [0.1, 0.15) is 45.4 Å². The van der Waals surface area contributed by atoms with Crippen LogP contribution in [0.4, 0.5) is 13.2 Å². The van der Waals surface area contributed by atoms with E-state index in [1.165, 1.54) is 11.8 Å². The average Bonchev–Trinajstić information content (AvgIpc) is 2.45. The number of hydrogen-bond acceptors (Lipinski definition) is 4. The molecule has 0 saturated heterocycles. The number of nitriles is 1. The first-order valence-electron chi connectivity index (χ1n) is 7.22. The van der Waals surface area contributed by atoms with Crippen LogP contribution in [0.5, 0.6) is 0 Å². The van der Waals surface area contributed by atoms with E-state index in [9.17, 15) is 18.4 Å². The summed E-state index contributed by atoms with van der Waals surface area (Å²) in [5, 5.41) is 13.0. The van der Waals surface area contributed by atoms with E-state index in [0.717, 1.165) is 31.4 Å². The lowest BCUT2D eigenvalue weighted by molar-refractivity contribution is -0.134. The Balaban J connectivity index is 2.30. The van der Waals surface area contributed by atoms with Gasteiger partial charge in [-0.1, -0.05) is 5.16 Å². The van der Waals surface area contributed by atoms with Crippen LogP contribution in [0.15, 0.2) is 5.16 Å². The second-order valence-corrected chi connectivity index (χ2v) is 6.30. The summed E-state index contributed by atoms with van der Waals surface area (Å²) in [4.78, 5) is 5.02. The lowest BCUT2D eigenvalue weighted by atomic mass is 9.86. The predicted molar refractivity (Wildman–Crippen MR) is 78.2 cm³/mol. The Hall–Kier alpha value is -0.900. The lowest BCUT2D eigenvalue weighted by Gasteiger charge is -2.26. The molecule has 0 aromatic heterocycles. The summed E-state index contributed by atoms with van der Waals surface area (Å²) in [7, 11) is 0. The fourth-order valence-corrected chi connectivity index (χ4v) is 3.47. The second kappa shape index (κ2) is 9.19. The third-order valence-corrected chi connectivity index (χ3v) is 4.76. The number of oxime groups is 1. The standard InChI is InChI=1S/C14H21F3N2OS/c1-2-20-19-12-6-4-11(5-7-12)13(10-18)21-9-3-8-14(15,16)17/h11,13H,2-9H2,1H3. The zero-order chi connectivity index (χ0) is 15.7. The molecule has 1 aliphatic carbocycles. The van der Waals surface area contributed by atoms with Crippen molar-refractivity contribution in [2.24, 2.45) is 11.1 Å². The van der Waals surface area contributed by atoms with Crippen molar-refractivity contribution in [3.63, 3.8) is 0 Å². The van der Waals surface area contributed by atoms with Crippen molar-refractivity contribution in [3.8, 4) is 6.07 Å². The molecule has 0 N–H and O–H groups in total. The van der Waals surface area contributed by atoms with Gasteiger partial charge in [0.25, 0.3) is 0 Å². The maximum Gasteiger partial charge on any atom is 0.389 e. The molecule has 120 valence electrons. The van der Waals surface area contributed by atoms with Gasteiger partial charge < -0.3 is 4.84 Å². The van der Waals surface area contributed by atoms with Crippen LogP contribution in [0, 0.1) is 17.2 Å². The number of halogens is 3. The summed E-state index contributed by atoms with van der Waals surface area (Å²) >= 11 is 1.36. The van der Waals surface area contributed by atoms with Gasteiger partial charge in [0.1, 0.15) is 6.61 Å². The fourth-order valence-electron chi connectivity index (χ4n) is 2.28. The van der Waals surface area contributed by atoms with Crippen LogP contribution in [0.2, 0.25) is 0 Å². The van der Waals surface area contributed by atoms with Crippen LogP contribution >= 0.6 is 11.8 Å². The van der Waals surface area contributed by atoms with E-state index >= 15 is 0 Å². The van der Waals surface area contributed by atoms with Crippen molar-refractivity contribution in [1.29, 1.82) is 5.26 Å². The Morgan fingerprint density at radius 3 is 2.62 bits per heavy atom. The molecule has 1 rings (SSSR count). The van der Waals surface area contributed by atoms with Gasteiger partial charge >= 0.3 is 6.18 Å². The molecule has 0 radical (unpaired) electrons. The topological polar surface area (TPSA) is 45.4 Å². The summed E-state index contributed by atoms with van der Waals surface area (Å²) in [5.74, 6) is 0.625. The van der Waals surface area contributed by atoms with Gasteiger partial charge in [0.2, 0.25) is 0 Å². The molecule has 0 spiro atoms. The van der Waals surface area contributed by atoms with Gasteiger partial charge in [-0.05, 0) is 50.7 Å². The first kappa shape index (κ1) is 18.1. The molecule has 0 heterocycles. The normalized spacial score (nSPS) is 20.7. The van der Waals surface area contributed by atoms with E-state index in [1.54, 1.807) is 0 Å². The van der Waals surface area contributed by atoms with E-state index in [2.05, 4.69) is 11.2 Å². The molecule has 1 aliphatic rings. The van der Waals surface area contributed by atoms with Crippen LogP contribution in [-0.4, -0.2) is 29.5 Å². The van der Waals surface area contributed by atoms with Crippen LogP contribution in [0.3, 0.4) is 0 Å². The smallest absolute Gasteiger partial charge is 0.389 e. The van der Waals surface area contributed by atoms with Gasteiger partial charge in [-0.3, -0.25) is 0 Å². The van der Waals surface area contributed by atoms with Gasteiger partial charge in [0.05, 0.1) is 17.0 Å². The number of hydrogen-bond donors (Lipinski definition) is 0. The number of nitrogens with zero attached hydrogens (tertiary/aromatic N) is 2. The second-order valence-electron chi connectivity index (χ2n) is 5.05. The summed E-state index contributed by atoms with van der Waals surface area (Å²) < 4.78 is 36.2. The molecule has 0 aliphatic heterocycles. The third-order valence-electron chi connectivity index (χ3n) is 3.39. The number of rotatable bonds is 7. The molecule has 7 heteroatoms. The first-order chi connectivity index (χ1) is 9.96. The summed E-state index contributed by atoms with van der Waals surface area (Å²) in [6, 6.07) is 2.24. The van der Waals surface area contributed by atoms with Crippen molar-refractivity contribution < 1.29 is 18.0 Å². The van der Waals surface area contributed by atoms with Gasteiger partial charge in [0, 0.05) is 6.42 Å². The summed E-state index contributed by atoms with van der Waals surface area (Å²) in [5.41, 5.74) is 1.02. The van der Waals surface area contributed by atoms with E-state index in [-0.39, 0.29) is 17.6 Å². The minimum absolute atomic E-state index is 0.0795. The molecular weight excluding hydrogens is 301 g/mol. The summed E-state index contributed by atoms with van der Waals surface area (Å²) in [6.07, 6.45) is -1.45. The van der Waals surface area contributed by atoms with Crippen LogP contribution in [0.25, 0.3) is 0 Å². The molecule has 1 saturated carbocycles. The quantitative estimate of drug-likeness (QED) is 0.511. The largest absolute Gasteiger partial charge is 0.396 e. The Bertz CT molecular complexity index is 369. The van der Waals surface area contributed by atoms with Gasteiger partial charge in [-0.25, -0.2) is 0 Å².